The number of nitrogens with zero attached hydrogens (tertiary/aromatic N) is 4. The number of fused-ring (bicyclic) bond motifs is 3. The van der Waals surface area contributed by atoms with Gasteiger partial charge in [0, 0.05) is 18.5 Å². The third-order valence-electron chi connectivity index (χ3n) is 4.86. The minimum absolute atomic E-state index is 0.0564. The van der Waals surface area contributed by atoms with Crippen LogP contribution < -0.4 is 14.8 Å². The first-order valence-corrected chi connectivity index (χ1v) is 9.63. The molecule has 0 aliphatic carbocycles. The molecule has 31 heavy (non-hydrogen) atoms. The molecule has 3 heterocycles. The lowest BCUT2D eigenvalue weighted by Gasteiger charge is -2.20. The Morgan fingerprint density at radius 2 is 2.03 bits per heavy atom. The summed E-state index contributed by atoms with van der Waals surface area (Å²) in [6.45, 7) is 0.254. The number of rotatable bonds is 5. The van der Waals surface area contributed by atoms with Gasteiger partial charge in [0.05, 0.1) is 11.9 Å². The molecule has 0 fully saturated rings. The van der Waals surface area contributed by atoms with Crippen molar-refractivity contribution in [3.05, 3.63) is 90.5 Å². The first-order valence-electron chi connectivity index (χ1n) is 9.63. The fraction of sp³-hybridized carbons (Fsp3) is 0.136. The SMILES string of the molecule is OC(N[C@H]1COc2ccccc2-n2ccnc21)c1cc(Oc2ccccc2F)cnn1. The van der Waals surface area contributed by atoms with Gasteiger partial charge in [-0.2, -0.15) is 10.2 Å². The number of hydrogen-bond acceptors (Lipinski definition) is 7. The summed E-state index contributed by atoms with van der Waals surface area (Å²) in [4.78, 5) is 4.43. The minimum Gasteiger partial charge on any atom is -0.489 e. The van der Waals surface area contributed by atoms with Crippen LogP contribution in [0.4, 0.5) is 4.39 Å². The Balaban J connectivity index is 1.36. The van der Waals surface area contributed by atoms with Crippen LogP contribution in [0.15, 0.2) is 73.2 Å². The number of ether oxygens (including phenoxy) is 2. The standard InChI is InChI=1S/C22H18FN5O3/c23-15-5-1-3-7-19(15)31-14-11-16(27-25-12-14)22(29)26-17-13-30-20-8-4-2-6-18(20)28-10-9-24-21(17)28/h1-12,17,22,26,29H,13H2/t17-,22?/m0/s1. The van der Waals surface area contributed by atoms with E-state index in [1.165, 1.54) is 24.4 Å². The summed E-state index contributed by atoms with van der Waals surface area (Å²) >= 11 is 0. The monoisotopic (exact) mass is 419 g/mol. The number of imidazole rings is 1. The molecule has 156 valence electrons. The predicted molar refractivity (Wildman–Crippen MR) is 108 cm³/mol. The number of aliphatic hydroxyl groups excluding tert-OH is 1. The second-order valence-electron chi connectivity index (χ2n) is 6.90. The van der Waals surface area contributed by atoms with Crippen LogP contribution in [-0.4, -0.2) is 31.5 Å². The summed E-state index contributed by atoms with van der Waals surface area (Å²) in [7, 11) is 0. The highest BCUT2D eigenvalue weighted by atomic mass is 19.1. The lowest BCUT2D eigenvalue weighted by Crippen LogP contribution is -2.32. The van der Waals surface area contributed by atoms with Crippen LogP contribution in [0.25, 0.3) is 5.69 Å². The third kappa shape index (κ3) is 3.83. The van der Waals surface area contributed by atoms with E-state index in [0.29, 0.717) is 5.82 Å². The molecule has 5 rings (SSSR count). The molecule has 0 spiro atoms. The van der Waals surface area contributed by atoms with Crippen molar-refractivity contribution >= 4 is 0 Å². The summed E-state index contributed by atoms with van der Waals surface area (Å²) in [6.07, 6.45) is 3.70. The quantitative estimate of drug-likeness (QED) is 0.479. The van der Waals surface area contributed by atoms with E-state index in [4.69, 9.17) is 9.47 Å². The Hall–Kier alpha value is -3.82. The maximum Gasteiger partial charge on any atom is 0.165 e. The minimum atomic E-state index is -1.18. The molecular weight excluding hydrogens is 401 g/mol. The first-order chi connectivity index (χ1) is 15.2. The predicted octanol–water partition coefficient (Wildman–Crippen LogP) is 3.31. The molecule has 0 saturated heterocycles. The smallest absolute Gasteiger partial charge is 0.165 e. The van der Waals surface area contributed by atoms with Crippen molar-refractivity contribution in [2.75, 3.05) is 6.61 Å². The van der Waals surface area contributed by atoms with E-state index in [0.717, 1.165) is 11.4 Å². The van der Waals surface area contributed by atoms with Crippen molar-refractivity contribution in [1.29, 1.82) is 0 Å². The number of aliphatic hydroxyl groups is 1. The molecule has 4 aromatic rings. The van der Waals surface area contributed by atoms with Crippen LogP contribution in [0.2, 0.25) is 0 Å². The van der Waals surface area contributed by atoms with Crippen LogP contribution in [0, 0.1) is 5.82 Å². The van der Waals surface area contributed by atoms with E-state index < -0.39 is 18.1 Å². The number of para-hydroxylation sites is 3. The molecule has 1 aliphatic rings. The Morgan fingerprint density at radius 1 is 1.19 bits per heavy atom. The van der Waals surface area contributed by atoms with Gasteiger partial charge in [0.25, 0.3) is 0 Å². The van der Waals surface area contributed by atoms with Crippen molar-refractivity contribution in [2.24, 2.45) is 0 Å². The summed E-state index contributed by atoms with van der Waals surface area (Å²) in [5.74, 6) is 1.22. The maximum atomic E-state index is 13.9. The molecule has 1 aliphatic heterocycles. The zero-order valence-electron chi connectivity index (χ0n) is 16.2. The van der Waals surface area contributed by atoms with Gasteiger partial charge in [-0.05, 0) is 24.3 Å². The first kappa shape index (κ1) is 19.2. The van der Waals surface area contributed by atoms with Crippen LogP contribution in [0.5, 0.6) is 17.2 Å². The lowest BCUT2D eigenvalue weighted by atomic mass is 10.2. The van der Waals surface area contributed by atoms with E-state index in [-0.39, 0.29) is 23.8 Å². The summed E-state index contributed by atoms with van der Waals surface area (Å²) < 4.78 is 27.2. The second-order valence-corrected chi connectivity index (χ2v) is 6.90. The molecule has 2 N–H and O–H groups in total. The molecular formula is C22H18FN5O3. The van der Waals surface area contributed by atoms with E-state index in [9.17, 15) is 9.50 Å². The fourth-order valence-electron chi connectivity index (χ4n) is 3.41. The topological polar surface area (TPSA) is 94.3 Å². The van der Waals surface area contributed by atoms with E-state index in [2.05, 4.69) is 20.5 Å². The zero-order valence-corrected chi connectivity index (χ0v) is 16.2. The van der Waals surface area contributed by atoms with Crippen LogP contribution in [0.1, 0.15) is 23.8 Å². The van der Waals surface area contributed by atoms with Crippen LogP contribution in [-0.2, 0) is 0 Å². The van der Waals surface area contributed by atoms with Crippen molar-refractivity contribution in [3.63, 3.8) is 0 Å². The van der Waals surface area contributed by atoms with Gasteiger partial charge in [0.2, 0.25) is 0 Å². The maximum absolute atomic E-state index is 13.9. The Labute approximate surface area is 176 Å². The van der Waals surface area contributed by atoms with Gasteiger partial charge in [-0.3, -0.25) is 9.88 Å². The lowest BCUT2D eigenvalue weighted by molar-refractivity contribution is 0.102. The van der Waals surface area contributed by atoms with E-state index >= 15 is 0 Å². The van der Waals surface area contributed by atoms with E-state index in [1.54, 1.807) is 18.3 Å². The molecule has 1 unspecified atom stereocenters. The Bertz CT molecular complexity index is 1210. The molecule has 0 amide bonds. The molecule has 2 atom stereocenters. The normalized spacial score (nSPS) is 15.9. The van der Waals surface area contributed by atoms with Crippen molar-refractivity contribution in [1.82, 2.24) is 25.1 Å². The van der Waals surface area contributed by atoms with Gasteiger partial charge in [0.1, 0.15) is 35.7 Å². The number of aromatic nitrogens is 4. The van der Waals surface area contributed by atoms with Gasteiger partial charge in [0.15, 0.2) is 17.8 Å². The summed E-state index contributed by atoms with van der Waals surface area (Å²) in [5, 5.41) is 21.7. The van der Waals surface area contributed by atoms with Crippen LogP contribution in [0.3, 0.4) is 0 Å². The average Bonchev–Trinajstić information content (AvgIpc) is 3.23. The highest BCUT2D eigenvalue weighted by molar-refractivity contribution is 5.48. The van der Waals surface area contributed by atoms with Gasteiger partial charge < -0.3 is 14.6 Å². The van der Waals surface area contributed by atoms with Gasteiger partial charge in [-0.15, -0.1) is 0 Å². The van der Waals surface area contributed by atoms with Crippen molar-refractivity contribution in [2.45, 2.75) is 12.3 Å². The highest BCUT2D eigenvalue weighted by Gasteiger charge is 2.27. The highest BCUT2D eigenvalue weighted by Crippen LogP contribution is 2.31. The fourth-order valence-corrected chi connectivity index (χ4v) is 3.41. The summed E-state index contributed by atoms with van der Waals surface area (Å²) in [6, 6.07) is 14.8. The number of halogens is 1. The Kier molecular flexibility index (Phi) is 5.03. The second kappa shape index (κ2) is 8.13. The number of nitrogens with one attached hydrogen (secondary N) is 1. The molecule has 9 heteroatoms. The molecule has 8 nitrogen and oxygen atoms in total. The molecule has 0 radical (unpaired) electrons. The van der Waals surface area contributed by atoms with Crippen molar-refractivity contribution in [3.8, 4) is 22.9 Å². The molecule has 0 bridgehead atoms. The van der Waals surface area contributed by atoms with Crippen LogP contribution >= 0.6 is 0 Å². The van der Waals surface area contributed by atoms with Gasteiger partial charge >= 0.3 is 0 Å². The van der Waals surface area contributed by atoms with Gasteiger partial charge in [-0.1, -0.05) is 24.3 Å². The van der Waals surface area contributed by atoms with E-state index in [1.807, 2.05) is 35.0 Å². The zero-order chi connectivity index (χ0) is 21.2. The Morgan fingerprint density at radius 3 is 2.94 bits per heavy atom. The van der Waals surface area contributed by atoms with Crippen molar-refractivity contribution < 1.29 is 19.0 Å². The third-order valence-corrected chi connectivity index (χ3v) is 4.86. The number of benzene rings is 2. The molecule has 2 aromatic heterocycles. The van der Waals surface area contributed by atoms with Gasteiger partial charge in [-0.25, -0.2) is 9.37 Å². The largest absolute Gasteiger partial charge is 0.489 e. The summed E-state index contributed by atoms with van der Waals surface area (Å²) in [5.41, 5.74) is 1.09. The molecule has 0 saturated carbocycles. The average molecular weight is 419 g/mol. The molecule has 2 aromatic carbocycles. The number of hydrogen-bond donors (Lipinski definition) is 2.